The van der Waals surface area contributed by atoms with Gasteiger partial charge in [-0.15, -0.1) is 0 Å². The number of methoxy groups -OCH3 is 2. The van der Waals surface area contributed by atoms with E-state index in [0.29, 0.717) is 31.2 Å². The van der Waals surface area contributed by atoms with Crippen LogP contribution in [0.1, 0.15) is 47.9 Å². The second kappa shape index (κ2) is 13.8. The zero-order valence-corrected chi connectivity index (χ0v) is 29.3. The van der Waals surface area contributed by atoms with Crippen LogP contribution in [0.2, 0.25) is 0 Å². The topological polar surface area (TPSA) is 90.1 Å². The first-order valence-electron chi connectivity index (χ1n) is 17.7. The molecule has 9 nitrogen and oxygen atoms in total. The highest BCUT2D eigenvalue weighted by molar-refractivity contribution is 6.00. The SMILES string of the molecule is COc1cc2c(cc1OC)CC1(CCCCN1C(=O)NC(Cc1c[nH]c3ccccc13)C(=O)N1CC(CN(C)C)Cc3ccccc31)CC2. The molecule has 1 aromatic heterocycles. The first kappa shape index (κ1) is 33.0. The number of para-hydroxylation sites is 2. The molecule has 7 rings (SSSR count). The minimum Gasteiger partial charge on any atom is -0.493 e. The monoisotopic (exact) mass is 663 g/mol. The lowest BCUT2D eigenvalue weighted by molar-refractivity contribution is -0.120. The van der Waals surface area contributed by atoms with Gasteiger partial charge in [-0.25, -0.2) is 4.79 Å². The van der Waals surface area contributed by atoms with Crippen LogP contribution >= 0.6 is 0 Å². The molecule has 1 spiro atoms. The maximum Gasteiger partial charge on any atom is 0.318 e. The van der Waals surface area contributed by atoms with E-state index in [1.165, 1.54) is 16.7 Å². The van der Waals surface area contributed by atoms with Crippen molar-refractivity contribution in [3.63, 3.8) is 0 Å². The number of hydrogen-bond donors (Lipinski definition) is 2. The van der Waals surface area contributed by atoms with E-state index in [2.05, 4.69) is 64.5 Å². The maximum absolute atomic E-state index is 14.9. The quantitative estimate of drug-likeness (QED) is 0.242. The average Bonchev–Trinajstić information content (AvgIpc) is 3.52. The van der Waals surface area contributed by atoms with Gasteiger partial charge in [0.05, 0.1) is 14.2 Å². The Morgan fingerprint density at radius 3 is 2.53 bits per heavy atom. The molecule has 3 aromatic carbocycles. The molecule has 1 saturated heterocycles. The Bertz CT molecular complexity index is 1830. The second-order valence-corrected chi connectivity index (χ2v) is 14.5. The molecule has 2 aliphatic heterocycles. The molecule has 0 radical (unpaired) electrons. The smallest absolute Gasteiger partial charge is 0.318 e. The number of ether oxygens (including phenoxy) is 2. The highest BCUT2D eigenvalue weighted by Crippen LogP contribution is 2.43. The molecule has 1 aliphatic carbocycles. The summed E-state index contributed by atoms with van der Waals surface area (Å²) in [4.78, 5) is 39.1. The lowest BCUT2D eigenvalue weighted by Crippen LogP contribution is -2.62. The van der Waals surface area contributed by atoms with Gasteiger partial charge in [0, 0.05) is 54.4 Å². The van der Waals surface area contributed by atoms with Crippen LogP contribution in [0.15, 0.2) is 66.9 Å². The fraction of sp³-hybridized carbons (Fsp3) is 0.450. The Balaban J connectivity index is 1.21. The summed E-state index contributed by atoms with van der Waals surface area (Å²) in [5.41, 5.74) is 6.29. The number of fused-ring (bicyclic) bond motifs is 3. The predicted octanol–water partition coefficient (Wildman–Crippen LogP) is 5.99. The van der Waals surface area contributed by atoms with Gasteiger partial charge in [0.25, 0.3) is 0 Å². The Hall–Kier alpha value is -4.50. The lowest BCUT2D eigenvalue weighted by atomic mass is 9.72. The number of aromatic amines is 1. The Morgan fingerprint density at radius 2 is 1.73 bits per heavy atom. The number of nitrogens with one attached hydrogen (secondary N) is 2. The number of piperidine rings is 1. The van der Waals surface area contributed by atoms with Crippen LogP contribution in [0.5, 0.6) is 11.5 Å². The molecule has 3 heterocycles. The molecule has 3 aliphatic rings. The van der Waals surface area contributed by atoms with E-state index in [9.17, 15) is 9.59 Å². The number of H-pyrrole nitrogens is 1. The minimum atomic E-state index is -0.739. The van der Waals surface area contributed by atoms with Crippen molar-refractivity contribution < 1.29 is 19.1 Å². The molecular weight excluding hydrogens is 614 g/mol. The highest BCUT2D eigenvalue weighted by atomic mass is 16.5. The Kier molecular flexibility index (Phi) is 9.29. The fourth-order valence-electron chi connectivity index (χ4n) is 8.69. The standard InChI is InChI=1S/C40H49N5O4/c1-43(2)25-27-19-29-11-5-8-14-35(29)44(26-27)38(46)34(20-31-24-41-33-13-7-6-12-32(31)33)42-39(47)45-18-10-9-16-40(45)17-15-28-21-36(48-3)37(49-4)22-30(28)23-40/h5-8,11-14,21-22,24,27,34,41H,9-10,15-20,23,25-26H2,1-4H3,(H,42,47). The third-order valence-corrected chi connectivity index (χ3v) is 11.0. The van der Waals surface area contributed by atoms with Crippen LogP contribution in [-0.2, 0) is 30.5 Å². The van der Waals surface area contributed by atoms with Gasteiger partial charge in [0.15, 0.2) is 11.5 Å². The number of amides is 3. The number of urea groups is 1. The molecule has 4 aromatic rings. The van der Waals surface area contributed by atoms with Crippen LogP contribution in [-0.4, -0.2) is 86.3 Å². The number of anilines is 1. The number of aromatic nitrogens is 1. The van der Waals surface area contributed by atoms with Crippen molar-refractivity contribution in [1.29, 1.82) is 0 Å². The maximum atomic E-state index is 14.9. The molecule has 0 bridgehead atoms. The number of likely N-dealkylation sites (tertiary alicyclic amines) is 1. The first-order valence-corrected chi connectivity index (χ1v) is 17.7. The van der Waals surface area contributed by atoms with E-state index < -0.39 is 6.04 Å². The van der Waals surface area contributed by atoms with E-state index in [1.807, 2.05) is 41.4 Å². The average molecular weight is 664 g/mol. The number of aryl methyl sites for hydroxylation is 1. The van der Waals surface area contributed by atoms with Crippen LogP contribution in [0.25, 0.3) is 10.9 Å². The van der Waals surface area contributed by atoms with Crippen molar-refractivity contribution in [3.8, 4) is 11.5 Å². The van der Waals surface area contributed by atoms with E-state index in [1.54, 1.807) is 14.2 Å². The number of benzene rings is 3. The van der Waals surface area contributed by atoms with E-state index in [4.69, 9.17) is 9.47 Å². The van der Waals surface area contributed by atoms with Crippen molar-refractivity contribution >= 4 is 28.5 Å². The van der Waals surface area contributed by atoms with Crippen LogP contribution in [0, 0.1) is 5.92 Å². The van der Waals surface area contributed by atoms with Gasteiger partial charge in [0.1, 0.15) is 6.04 Å². The molecule has 49 heavy (non-hydrogen) atoms. The Labute approximate surface area is 289 Å². The molecule has 1 fully saturated rings. The number of carbonyl (C=O) groups is 2. The van der Waals surface area contributed by atoms with E-state index in [0.717, 1.165) is 79.4 Å². The number of carbonyl (C=O) groups excluding carboxylic acids is 2. The third-order valence-electron chi connectivity index (χ3n) is 11.0. The summed E-state index contributed by atoms with van der Waals surface area (Å²) in [6, 6.07) is 19.7. The fourth-order valence-corrected chi connectivity index (χ4v) is 8.69. The number of rotatable bonds is 8. The van der Waals surface area contributed by atoms with E-state index in [-0.39, 0.29) is 17.5 Å². The molecule has 9 heteroatoms. The lowest BCUT2D eigenvalue weighted by Gasteiger charge is -2.50. The zero-order chi connectivity index (χ0) is 34.1. The van der Waals surface area contributed by atoms with Crippen molar-refractivity contribution in [2.24, 2.45) is 5.92 Å². The molecule has 3 unspecified atom stereocenters. The molecule has 0 saturated carbocycles. The van der Waals surface area contributed by atoms with Gasteiger partial charge in [-0.3, -0.25) is 4.79 Å². The second-order valence-electron chi connectivity index (χ2n) is 14.5. The van der Waals surface area contributed by atoms with Gasteiger partial charge in [0.2, 0.25) is 5.91 Å². The summed E-state index contributed by atoms with van der Waals surface area (Å²) in [5, 5.41) is 4.41. The molecule has 2 N–H and O–H groups in total. The summed E-state index contributed by atoms with van der Waals surface area (Å²) in [7, 11) is 7.49. The number of nitrogens with zero attached hydrogens (tertiary/aromatic N) is 3. The van der Waals surface area contributed by atoms with Gasteiger partial charge in [-0.2, -0.15) is 0 Å². The summed E-state index contributed by atoms with van der Waals surface area (Å²) < 4.78 is 11.2. The van der Waals surface area contributed by atoms with Gasteiger partial charge in [-0.1, -0.05) is 36.4 Å². The zero-order valence-electron chi connectivity index (χ0n) is 29.3. The van der Waals surface area contributed by atoms with Crippen molar-refractivity contribution in [3.05, 3.63) is 89.1 Å². The number of hydrogen-bond acceptors (Lipinski definition) is 5. The van der Waals surface area contributed by atoms with Gasteiger partial charge in [-0.05, 0) is 111 Å². The van der Waals surface area contributed by atoms with Crippen molar-refractivity contribution in [2.75, 3.05) is 52.8 Å². The minimum absolute atomic E-state index is 0.0635. The van der Waals surface area contributed by atoms with Crippen LogP contribution in [0.3, 0.4) is 0 Å². The first-order chi connectivity index (χ1) is 23.8. The summed E-state index contributed by atoms with van der Waals surface area (Å²) in [5.74, 6) is 1.68. The molecule has 3 atom stereocenters. The summed E-state index contributed by atoms with van der Waals surface area (Å²) in [6.45, 7) is 2.16. The third kappa shape index (κ3) is 6.48. The molecular formula is C40H49N5O4. The van der Waals surface area contributed by atoms with Gasteiger partial charge >= 0.3 is 6.03 Å². The van der Waals surface area contributed by atoms with Crippen LogP contribution in [0.4, 0.5) is 10.5 Å². The largest absolute Gasteiger partial charge is 0.493 e. The summed E-state index contributed by atoms with van der Waals surface area (Å²) in [6.07, 6.45) is 8.73. The van der Waals surface area contributed by atoms with E-state index >= 15 is 0 Å². The van der Waals surface area contributed by atoms with Crippen molar-refractivity contribution in [1.82, 2.24) is 20.1 Å². The van der Waals surface area contributed by atoms with Gasteiger partial charge < -0.3 is 34.5 Å². The normalized spacial score (nSPS) is 21.0. The Morgan fingerprint density at radius 1 is 0.980 bits per heavy atom. The summed E-state index contributed by atoms with van der Waals surface area (Å²) >= 11 is 0. The van der Waals surface area contributed by atoms with Crippen LogP contribution < -0.4 is 19.7 Å². The highest BCUT2D eigenvalue weighted by Gasteiger charge is 2.45. The molecule has 258 valence electrons. The molecule has 3 amide bonds. The van der Waals surface area contributed by atoms with Crippen molar-refractivity contribution in [2.45, 2.75) is 62.9 Å². The predicted molar refractivity (Wildman–Crippen MR) is 194 cm³/mol.